The second-order valence-corrected chi connectivity index (χ2v) is 8.57. The molecule has 0 saturated heterocycles. The summed E-state index contributed by atoms with van der Waals surface area (Å²) in [5, 5.41) is 7.50. The van der Waals surface area contributed by atoms with Gasteiger partial charge in [0.15, 0.2) is 0 Å². The molecule has 1 N–H and O–H groups in total. The molecule has 0 unspecified atom stereocenters. The molecule has 2 aromatic rings. The molecule has 6 nitrogen and oxygen atoms in total. The monoisotopic (exact) mass is 416 g/mol. The fraction of sp³-hybridized carbons (Fsp3) is 0.500. The van der Waals surface area contributed by atoms with Gasteiger partial charge in [0, 0.05) is 30.6 Å². The third kappa shape index (κ3) is 6.35. The number of benzene rings is 1. The summed E-state index contributed by atoms with van der Waals surface area (Å²) in [6, 6.07) is 7.64. The third-order valence-corrected chi connectivity index (χ3v) is 5.64. The Kier molecular flexibility index (Phi) is 8.32. The number of nitrogens with one attached hydrogen (secondary N) is 1. The van der Waals surface area contributed by atoms with Crippen LogP contribution in [0.5, 0.6) is 0 Å². The van der Waals surface area contributed by atoms with Crippen molar-refractivity contribution in [3.8, 4) is 0 Å². The van der Waals surface area contributed by atoms with Gasteiger partial charge < -0.3 is 10.2 Å². The quantitative estimate of drug-likeness (QED) is 0.630. The van der Waals surface area contributed by atoms with Crippen LogP contribution in [0, 0.1) is 19.8 Å². The molecule has 0 aliphatic carbocycles. The van der Waals surface area contributed by atoms with Crippen LogP contribution in [0.25, 0.3) is 0 Å². The third-order valence-electron chi connectivity index (χ3n) is 4.85. The van der Waals surface area contributed by atoms with E-state index in [1.807, 2.05) is 42.1 Å². The topological polar surface area (TPSA) is 67.2 Å². The summed E-state index contributed by atoms with van der Waals surface area (Å²) in [5.41, 5.74) is 4.00. The first-order valence-electron chi connectivity index (χ1n) is 9.92. The predicted molar refractivity (Wildman–Crippen MR) is 119 cm³/mol. The largest absolute Gasteiger partial charge is 0.336 e. The molecule has 2 rings (SSSR count). The maximum absolute atomic E-state index is 12.5. The average molecular weight is 417 g/mol. The van der Waals surface area contributed by atoms with E-state index in [-0.39, 0.29) is 18.4 Å². The number of para-hydroxylation sites is 1. The van der Waals surface area contributed by atoms with Gasteiger partial charge in [-0.2, -0.15) is 5.10 Å². The fourth-order valence-electron chi connectivity index (χ4n) is 3.28. The molecule has 7 heteroatoms. The average Bonchev–Trinajstić information content (AvgIpc) is 2.92. The first-order chi connectivity index (χ1) is 13.7. The van der Waals surface area contributed by atoms with Gasteiger partial charge in [-0.3, -0.25) is 14.3 Å². The van der Waals surface area contributed by atoms with Crippen LogP contribution in [0.15, 0.2) is 29.2 Å². The van der Waals surface area contributed by atoms with Crippen LogP contribution in [0.2, 0.25) is 0 Å². The van der Waals surface area contributed by atoms with Crippen LogP contribution in [0.4, 0.5) is 5.69 Å². The van der Waals surface area contributed by atoms with Crippen molar-refractivity contribution in [2.24, 2.45) is 5.92 Å². The van der Waals surface area contributed by atoms with Crippen LogP contribution in [-0.4, -0.2) is 46.3 Å². The van der Waals surface area contributed by atoms with Crippen LogP contribution in [0.3, 0.4) is 0 Å². The fourth-order valence-corrected chi connectivity index (χ4v) is 3.84. The van der Waals surface area contributed by atoms with Crippen molar-refractivity contribution in [2.75, 3.05) is 25.2 Å². The molecule has 158 valence electrons. The van der Waals surface area contributed by atoms with E-state index in [2.05, 4.69) is 31.2 Å². The molecule has 1 heterocycles. The number of nitrogens with zero attached hydrogens (tertiary/aromatic N) is 3. The van der Waals surface area contributed by atoms with Crippen LogP contribution < -0.4 is 5.32 Å². The second-order valence-electron chi connectivity index (χ2n) is 7.72. The minimum Gasteiger partial charge on any atom is -0.336 e. The molecule has 0 spiro atoms. The number of anilines is 1. The van der Waals surface area contributed by atoms with Gasteiger partial charge in [0.25, 0.3) is 0 Å². The molecular formula is C22H32N4O2S. The van der Waals surface area contributed by atoms with Crippen molar-refractivity contribution in [1.82, 2.24) is 14.7 Å². The van der Waals surface area contributed by atoms with E-state index in [0.29, 0.717) is 18.8 Å². The first-order valence-corrected chi connectivity index (χ1v) is 11.1. The van der Waals surface area contributed by atoms with E-state index in [1.165, 1.54) is 4.90 Å². The molecule has 29 heavy (non-hydrogen) atoms. The van der Waals surface area contributed by atoms with E-state index >= 15 is 0 Å². The molecule has 1 aromatic heterocycles. The van der Waals surface area contributed by atoms with Gasteiger partial charge in [0.05, 0.1) is 17.9 Å². The van der Waals surface area contributed by atoms with Crippen LogP contribution >= 0.6 is 11.8 Å². The molecule has 0 fully saturated rings. The van der Waals surface area contributed by atoms with Gasteiger partial charge in [-0.25, -0.2) is 0 Å². The number of thioether (sulfide) groups is 1. The van der Waals surface area contributed by atoms with Gasteiger partial charge in [0.1, 0.15) is 0 Å². The smallest absolute Gasteiger partial charge is 0.244 e. The maximum atomic E-state index is 12.5. The molecule has 0 radical (unpaired) electrons. The Labute approximate surface area is 178 Å². The van der Waals surface area contributed by atoms with Crippen molar-refractivity contribution < 1.29 is 9.59 Å². The minimum atomic E-state index is -0.195. The molecule has 0 aliphatic rings. The minimum absolute atomic E-state index is 0.0339. The first kappa shape index (κ1) is 23.0. The number of aromatic nitrogens is 2. The lowest BCUT2D eigenvalue weighted by atomic mass is 10.1. The van der Waals surface area contributed by atoms with Crippen LogP contribution in [0.1, 0.15) is 37.2 Å². The molecule has 0 saturated carbocycles. The zero-order valence-corrected chi connectivity index (χ0v) is 19.1. The summed E-state index contributed by atoms with van der Waals surface area (Å²) in [7, 11) is 1.67. The maximum Gasteiger partial charge on any atom is 0.244 e. The molecule has 0 atom stereocenters. The lowest BCUT2D eigenvalue weighted by Gasteiger charge is -2.17. The van der Waals surface area contributed by atoms with Gasteiger partial charge in [-0.15, -0.1) is 11.8 Å². The zero-order chi connectivity index (χ0) is 21.6. The van der Waals surface area contributed by atoms with Gasteiger partial charge >= 0.3 is 0 Å². The van der Waals surface area contributed by atoms with Crippen molar-refractivity contribution in [3.63, 3.8) is 0 Å². The molecule has 2 amide bonds. The number of carbonyl (C=O) groups excluding carboxylic acids is 2. The van der Waals surface area contributed by atoms with E-state index < -0.39 is 0 Å². The summed E-state index contributed by atoms with van der Waals surface area (Å²) in [6.45, 7) is 9.28. The highest BCUT2D eigenvalue weighted by Crippen LogP contribution is 2.24. The summed E-state index contributed by atoms with van der Waals surface area (Å²) in [6.07, 6.45) is 2.96. The Balaban J connectivity index is 1.91. The van der Waals surface area contributed by atoms with Gasteiger partial charge in [-0.05, 0) is 50.1 Å². The Morgan fingerprint density at radius 1 is 1.24 bits per heavy atom. The molecular weight excluding hydrogens is 384 g/mol. The summed E-state index contributed by atoms with van der Waals surface area (Å²) in [5.74, 6) is 0.275. The van der Waals surface area contributed by atoms with E-state index in [1.54, 1.807) is 18.8 Å². The van der Waals surface area contributed by atoms with E-state index in [0.717, 1.165) is 34.1 Å². The number of amides is 2. The number of rotatable bonds is 9. The molecule has 0 aliphatic heterocycles. The highest BCUT2D eigenvalue weighted by molar-refractivity contribution is 7.98. The number of hydrogen-bond donors (Lipinski definition) is 1. The summed E-state index contributed by atoms with van der Waals surface area (Å²) >= 11 is 1.57. The zero-order valence-electron chi connectivity index (χ0n) is 18.3. The normalized spacial score (nSPS) is 11.0. The standard InChI is InChI=1S/C22H32N4O2S/c1-15(2)13-26-17(4)18(16(3)24-26)11-12-22(28)25(5)14-21(27)23-19-9-7-8-10-20(19)29-6/h7-10,15H,11-14H2,1-6H3,(H,23,27). The van der Waals surface area contributed by atoms with Crippen molar-refractivity contribution >= 4 is 29.3 Å². The number of likely N-dealkylation sites (N-methyl/N-ethyl adjacent to an activating group) is 1. The van der Waals surface area contributed by atoms with E-state index in [4.69, 9.17) is 0 Å². The lowest BCUT2D eigenvalue weighted by Crippen LogP contribution is -2.35. The van der Waals surface area contributed by atoms with Crippen molar-refractivity contribution in [3.05, 3.63) is 41.2 Å². The number of hydrogen-bond acceptors (Lipinski definition) is 4. The number of carbonyl (C=O) groups is 2. The predicted octanol–water partition coefficient (Wildman–Crippen LogP) is 3.91. The highest BCUT2D eigenvalue weighted by Gasteiger charge is 2.17. The highest BCUT2D eigenvalue weighted by atomic mass is 32.2. The van der Waals surface area contributed by atoms with Crippen molar-refractivity contribution in [1.29, 1.82) is 0 Å². The van der Waals surface area contributed by atoms with Gasteiger partial charge in [0.2, 0.25) is 11.8 Å². The number of aryl methyl sites for hydroxylation is 1. The Morgan fingerprint density at radius 2 is 1.93 bits per heavy atom. The summed E-state index contributed by atoms with van der Waals surface area (Å²) < 4.78 is 2.03. The lowest BCUT2D eigenvalue weighted by molar-refractivity contribution is -0.133. The summed E-state index contributed by atoms with van der Waals surface area (Å²) in [4.78, 5) is 27.4. The van der Waals surface area contributed by atoms with Crippen LogP contribution in [-0.2, 0) is 22.6 Å². The second kappa shape index (κ2) is 10.5. The molecule has 0 bridgehead atoms. The Bertz CT molecular complexity index is 860. The molecule has 1 aromatic carbocycles. The van der Waals surface area contributed by atoms with Gasteiger partial charge in [-0.1, -0.05) is 26.0 Å². The van der Waals surface area contributed by atoms with Crippen molar-refractivity contribution in [2.45, 2.75) is 52.0 Å². The van der Waals surface area contributed by atoms with E-state index in [9.17, 15) is 9.59 Å². The Hall–Kier alpha value is -2.28. The SMILES string of the molecule is CSc1ccccc1NC(=O)CN(C)C(=O)CCc1c(C)nn(CC(C)C)c1C. The Morgan fingerprint density at radius 3 is 2.59 bits per heavy atom.